The number of hydrogen-bond acceptors (Lipinski definition) is 2. The zero-order valence-electron chi connectivity index (χ0n) is 10.3. The van der Waals surface area contributed by atoms with E-state index in [-0.39, 0.29) is 17.3 Å². The summed E-state index contributed by atoms with van der Waals surface area (Å²) in [5.74, 6) is -1.11. The molecular formula is C13H12Br2N2O3. The Morgan fingerprint density at radius 2 is 1.85 bits per heavy atom. The smallest absolute Gasteiger partial charge is 0.337 e. The number of benzene rings is 1. The molecule has 1 aliphatic rings. The van der Waals surface area contributed by atoms with E-state index in [9.17, 15) is 14.7 Å². The number of carbonyl (C=O) groups excluding carboxylic acids is 1. The number of halogens is 2. The van der Waals surface area contributed by atoms with Crippen molar-refractivity contribution >= 4 is 49.5 Å². The van der Waals surface area contributed by atoms with Crippen LogP contribution in [-0.4, -0.2) is 23.1 Å². The first-order chi connectivity index (χ1) is 9.47. The summed E-state index contributed by atoms with van der Waals surface area (Å²) in [6, 6.07) is 2.78. The van der Waals surface area contributed by atoms with Crippen molar-refractivity contribution in [2.45, 2.75) is 18.9 Å². The number of anilines is 1. The summed E-state index contributed by atoms with van der Waals surface area (Å²) in [7, 11) is 0. The van der Waals surface area contributed by atoms with E-state index in [1.807, 2.05) is 12.2 Å². The number of aromatic carboxylic acids is 1. The molecule has 0 aliphatic heterocycles. The van der Waals surface area contributed by atoms with Gasteiger partial charge in [0.05, 0.1) is 11.3 Å². The van der Waals surface area contributed by atoms with Gasteiger partial charge in [-0.2, -0.15) is 0 Å². The summed E-state index contributed by atoms with van der Waals surface area (Å²) in [6.45, 7) is 0. The second-order valence-electron chi connectivity index (χ2n) is 4.35. The molecule has 0 atom stereocenters. The number of hydrogen-bond donors (Lipinski definition) is 3. The van der Waals surface area contributed by atoms with Crippen molar-refractivity contribution < 1.29 is 14.7 Å². The van der Waals surface area contributed by atoms with Gasteiger partial charge in [-0.3, -0.25) is 0 Å². The second kappa shape index (κ2) is 6.41. The number of nitrogens with one attached hydrogen (secondary N) is 2. The van der Waals surface area contributed by atoms with E-state index in [0.717, 1.165) is 12.8 Å². The second-order valence-corrected chi connectivity index (χ2v) is 6.12. The fourth-order valence-electron chi connectivity index (χ4n) is 1.94. The fraction of sp³-hybridized carbons (Fsp3) is 0.231. The van der Waals surface area contributed by atoms with Crippen LogP contribution in [0.2, 0.25) is 0 Å². The molecule has 0 aromatic heterocycles. The van der Waals surface area contributed by atoms with Crippen molar-refractivity contribution in [1.82, 2.24) is 5.32 Å². The topological polar surface area (TPSA) is 78.4 Å². The molecule has 0 saturated carbocycles. The molecule has 1 aromatic carbocycles. The largest absolute Gasteiger partial charge is 0.478 e. The van der Waals surface area contributed by atoms with Gasteiger partial charge in [-0.25, -0.2) is 9.59 Å². The van der Waals surface area contributed by atoms with Crippen molar-refractivity contribution in [2.24, 2.45) is 0 Å². The lowest BCUT2D eigenvalue weighted by Gasteiger charge is -2.15. The number of carbonyl (C=O) groups is 2. The van der Waals surface area contributed by atoms with E-state index in [1.54, 1.807) is 6.07 Å². The molecule has 20 heavy (non-hydrogen) atoms. The minimum Gasteiger partial charge on any atom is -0.478 e. The Bertz CT molecular complexity index is 579. The first-order valence-corrected chi connectivity index (χ1v) is 7.51. The average Bonchev–Trinajstić information content (AvgIpc) is 2.84. The van der Waals surface area contributed by atoms with Crippen LogP contribution in [0.4, 0.5) is 10.5 Å². The van der Waals surface area contributed by atoms with Crippen LogP contribution in [0.1, 0.15) is 23.2 Å². The minimum absolute atomic E-state index is 0.0194. The molecule has 1 aromatic rings. The van der Waals surface area contributed by atoms with E-state index in [0.29, 0.717) is 8.95 Å². The van der Waals surface area contributed by atoms with Crippen molar-refractivity contribution in [1.29, 1.82) is 0 Å². The third kappa shape index (κ3) is 3.61. The fourth-order valence-corrected chi connectivity index (χ4v) is 3.26. The van der Waals surface area contributed by atoms with E-state index in [1.165, 1.54) is 6.07 Å². The van der Waals surface area contributed by atoms with Crippen LogP contribution in [0.5, 0.6) is 0 Å². The summed E-state index contributed by atoms with van der Waals surface area (Å²) in [6.07, 6.45) is 5.59. The highest BCUT2D eigenvalue weighted by atomic mass is 79.9. The van der Waals surface area contributed by atoms with E-state index in [2.05, 4.69) is 42.5 Å². The number of amides is 2. The van der Waals surface area contributed by atoms with Gasteiger partial charge in [-0.15, -0.1) is 0 Å². The van der Waals surface area contributed by atoms with Crippen LogP contribution in [-0.2, 0) is 0 Å². The summed E-state index contributed by atoms with van der Waals surface area (Å²) >= 11 is 6.48. The lowest BCUT2D eigenvalue weighted by atomic mass is 10.2. The molecule has 5 nitrogen and oxygen atoms in total. The molecule has 0 bridgehead atoms. The third-order valence-electron chi connectivity index (χ3n) is 2.87. The molecule has 0 spiro atoms. The lowest BCUT2D eigenvalue weighted by Crippen LogP contribution is -2.36. The minimum atomic E-state index is -1.11. The lowest BCUT2D eigenvalue weighted by molar-refractivity contribution is 0.0698. The maximum atomic E-state index is 11.9. The molecule has 0 heterocycles. The Labute approximate surface area is 132 Å². The highest BCUT2D eigenvalue weighted by Crippen LogP contribution is 2.30. The quantitative estimate of drug-likeness (QED) is 0.672. The van der Waals surface area contributed by atoms with E-state index in [4.69, 9.17) is 0 Å². The Morgan fingerprint density at radius 1 is 1.20 bits per heavy atom. The third-order valence-corrected chi connectivity index (χ3v) is 3.95. The van der Waals surface area contributed by atoms with Gasteiger partial charge in [-0.1, -0.05) is 28.1 Å². The van der Waals surface area contributed by atoms with Crippen molar-refractivity contribution in [2.75, 3.05) is 5.32 Å². The Balaban J connectivity index is 2.15. The Kier molecular flexibility index (Phi) is 4.82. The SMILES string of the molecule is O=C(Nc1c(Br)cc(Br)cc1C(=O)O)NC1CC=CC1. The van der Waals surface area contributed by atoms with Gasteiger partial charge in [0, 0.05) is 15.0 Å². The molecular weight excluding hydrogens is 392 g/mol. The molecule has 2 rings (SSSR count). The van der Waals surface area contributed by atoms with Crippen molar-refractivity contribution in [3.63, 3.8) is 0 Å². The van der Waals surface area contributed by atoms with Gasteiger partial charge in [0.25, 0.3) is 0 Å². The molecule has 106 valence electrons. The van der Waals surface area contributed by atoms with Crippen molar-refractivity contribution in [3.05, 3.63) is 38.8 Å². The molecule has 3 N–H and O–H groups in total. The zero-order valence-corrected chi connectivity index (χ0v) is 13.5. The molecule has 0 fully saturated rings. The number of rotatable bonds is 3. The predicted octanol–water partition coefficient (Wildman–Crippen LogP) is 3.75. The normalized spacial score (nSPS) is 14.3. The first kappa shape index (κ1) is 15.1. The van der Waals surface area contributed by atoms with E-state index < -0.39 is 12.0 Å². The monoisotopic (exact) mass is 402 g/mol. The number of carboxylic acids is 1. The van der Waals surface area contributed by atoms with Crippen molar-refractivity contribution in [3.8, 4) is 0 Å². The highest BCUT2D eigenvalue weighted by molar-refractivity contribution is 9.11. The first-order valence-electron chi connectivity index (χ1n) is 5.92. The van der Waals surface area contributed by atoms with Crippen LogP contribution in [0.25, 0.3) is 0 Å². The average molecular weight is 404 g/mol. The van der Waals surface area contributed by atoms with Gasteiger partial charge in [0.2, 0.25) is 0 Å². The zero-order chi connectivity index (χ0) is 14.7. The molecule has 2 amide bonds. The summed E-state index contributed by atoms with van der Waals surface area (Å²) in [5, 5.41) is 14.6. The standard InChI is InChI=1S/C13H12Br2N2O3/c14-7-5-9(12(18)19)11(10(15)6-7)17-13(20)16-8-3-1-2-4-8/h1-2,5-6,8H,3-4H2,(H,18,19)(H2,16,17,20). The molecule has 0 radical (unpaired) electrons. The van der Waals surface area contributed by atoms with Gasteiger partial charge in [0.15, 0.2) is 0 Å². The maximum Gasteiger partial charge on any atom is 0.337 e. The Morgan fingerprint density at radius 3 is 2.45 bits per heavy atom. The van der Waals surface area contributed by atoms with Gasteiger partial charge >= 0.3 is 12.0 Å². The van der Waals surface area contributed by atoms with Crippen LogP contribution in [0.3, 0.4) is 0 Å². The van der Waals surface area contributed by atoms with Crippen LogP contribution >= 0.6 is 31.9 Å². The van der Waals surface area contributed by atoms with Gasteiger partial charge in [-0.05, 0) is 40.9 Å². The summed E-state index contributed by atoms with van der Waals surface area (Å²) in [4.78, 5) is 23.1. The molecule has 0 saturated heterocycles. The van der Waals surface area contributed by atoms with Crippen LogP contribution in [0.15, 0.2) is 33.2 Å². The van der Waals surface area contributed by atoms with E-state index >= 15 is 0 Å². The summed E-state index contributed by atoms with van der Waals surface area (Å²) in [5.41, 5.74) is 0.259. The van der Waals surface area contributed by atoms with Crippen LogP contribution in [0, 0.1) is 0 Å². The number of urea groups is 1. The predicted molar refractivity (Wildman–Crippen MR) is 83.1 cm³/mol. The van der Waals surface area contributed by atoms with Gasteiger partial charge < -0.3 is 15.7 Å². The Hall–Kier alpha value is -1.34. The number of carboxylic acid groups (broad SMARTS) is 1. The highest BCUT2D eigenvalue weighted by Gasteiger charge is 2.19. The molecule has 0 unspecified atom stereocenters. The van der Waals surface area contributed by atoms with Gasteiger partial charge in [0.1, 0.15) is 0 Å². The summed E-state index contributed by atoms with van der Waals surface area (Å²) < 4.78 is 1.12. The molecule has 1 aliphatic carbocycles. The van der Waals surface area contributed by atoms with Crippen LogP contribution < -0.4 is 10.6 Å². The maximum absolute atomic E-state index is 11.9. The molecule has 7 heteroatoms.